The van der Waals surface area contributed by atoms with Crippen molar-refractivity contribution in [2.75, 3.05) is 0 Å². The summed E-state index contributed by atoms with van der Waals surface area (Å²) in [7, 11) is 0. The quantitative estimate of drug-likeness (QED) is 0.421. The molecule has 1 atom stereocenters. The third kappa shape index (κ3) is 5.61. The Bertz CT molecular complexity index is 478. The van der Waals surface area contributed by atoms with Gasteiger partial charge in [0.1, 0.15) is 0 Å². The fraction of sp³-hybridized carbons (Fsp3) is 0.526. The summed E-state index contributed by atoms with van der Waals surface area (Å²) < 4.78 is 0. The lowest BCUT2D eigenvalue weighted by Gasteiger charge is -2.13. The highest BCUT2D eigenvalue weighted by atomic mass is 14.2. The van der Waals surface area contributed by atoms with Gasteiger partial charge in [-0.25, -0.2) is 0 Å². The second-order valence-electron chi connectivity index (χ2n) is 5.41. The van der Waals surface area contributed by atoms with Crippen LogP contribution in [0.15, 0.2) is 46.1 Å². The maximum absolute atomic E-state index is 9.14. The zero-order chi connectivity index (χ0) is 15.7. The maximum atomic E-state index is 9.14. The molecule has 1 nitrogen and oxygen atoms in total. The average Bonchev–Trinajstić information content (AvgIpc) is 2.48. The van der Waals surface area contributed by atoms with Crippen molar-refractivity contribution in [3.8, 4) is 6.07 Å². The first kappa shape index (κ1) is 18.4. The van der Waals surface area contributed by atoms with Crippen molar-refractivity contribution in [3.63, 3.8) is 0 Å². The summed E-state index contributed by atoms with van der Waals surface area (Å²) in [5, 5.41) is 9.14. The Balaban J connectivity index is 5.82. The van der Waals surface area contributed by atoms with Crippen molar-refractivity contribution in [1.29, 1.82) is 5.26 Å². The number of allylic oxidation sites excluding steroid dienone is 8. The largest absolute Gasteiger partial charge is 0.192 e. The van der Waals surface area contributed by atoms with Crippen LogP contribution in [0.1, 0.15) is 61.3 Å². The standard InChI is InChI=1S/C19H29N/c1-8-14(4)16(6)11-19(12-18(10-3)13-20)17(7)15(5)9-2/h10-12,14H,8-9H2,1-7H3/b16-11-,17-15+,18-10+,19-12-/t14-/m1/s1. The molecule has 0 amide bonds. The first-order chi connectivity index (χ1) is 9.40. The van der Waals surface area contributed by atoms with E-state index < -0.39 is 0 Å². The molecule has 0 rings (SSSR count). The van der Waals surface area contributed by atoms with Crippen LogP contribution in [0.3, 0.4) is 0 Å². The SMILES string of the molecule is C\C=C(C#N)/C=C(/C=C(/C)[C@H](C)CC)C(\C)=C(/C)CC. The van der Waals surface area contributed by atoms with Crippen molar-refractivity contribution in [2.45, 2.75) is 61.3 Å². The van der Waals surface area contributed by atoms with E-state index >= 15 is 0 Å². The van der Waals surface area contributed by atoms with E-state index in [2.05, 4.69) is 53.7 Å². The second kappa shape index (κ2) is 9.37. The predicted octanol–water partition coefficient (Wildman–Crippen LogP) is 6.12. The highest BCUT2D eigenvalue weighted by Crippen LogP contribution is 2.24. The van der Waals surface area contributed by atoms with Crippen molar-refractivity contribution >= 4 is 0 Å². The minimum Gasteiger partial charge on any atom is -0.192 e. The summed E-state index contributed by atoms with van der Waals surface area (Å²) in [6, 6.07) is 2.24. The van der Waals surface area contributed by atoms with E-state index in [4.69, 9.17) is 5.26 Å². The lowest BCUT2D eigenvalue weighted by atomic mass is 9.92. The van der Waals surface area contributed by atoms with Crippen molar-refractivity contribution in [1.82, 2.24) is 0 Å². The van der Waals surface area contributed by atoms with Gasteiger partial charge in [-0.2, -0.15) is 5.26 Å². The van der Waals surface area contributed by atoms with E-state index in [1.165, 1.54) is 16.7 Å². The molecule has 0 heterocycles. The Kier molecular flexibility index (Phi) is 8.64. The third-order valence-corrected chi connectivity index (χ3v) is 4.13. The maximum Gasteiger partial charge on any atom is 0.0988 e. The van der Waals surface area contributed by atoms with Gasteiger partial charge in [0.25, 0.3) is 0 Å². The first-order valence-electron chi connectivity index (χ1n) is 7.54. The van der Waals surface area contributed by atoms with Gasteiger partial charge in [0.15, 0.2) is 0 Å². The molecule has 0 fully saturated rings. The van der Waals surface area contributed by atoms with Crippen LogP contribution >= 0.6 is 0 Å². The Labute approximate surface area is 125 Å². The van der Waals surface area contributed by atoms with Gasteiger partial charge in [0, 0.05) is 5.57 Å². The molecule has 0 saturated heterocycles. The smallest absolute Gasteiger partial charge is 0.0988 e. The molecule has 0 aromatic heterocycles. The van der Waals surface area contributed by atoms with Gasteiger partial charge < -0.3 is 0 Å². The van der Waals surface area contributed by atoms with Crippen LogP contribution in [0.2, 0.25) is 0 Å². The van der Waals surface area contributed by atoms with E-state index in [0.717, 1.165) is 24.0 Å². The summed E-state index contributed by atoms with van der Waals surface area (Å²) in [6.07, 6.45) is 8.28. The molecule has 0 aromatic rings. The number of nitrogens with zero attached hydrogens (tertiary/aromatic N) is 1. The zero-order valence-electron chi connectivity index (χ0n) is 14.2. The van der Waals surface area contributed by atoms with Gasteiger partial charge in [0.05, 0.1) is 6.07 Å². The van der Waals surface area contributed by atoms with E-state index in [0.29, 0.717) is 5.92 Å². The average molecular weight is 271 g/mol. The van der Waals surface area contributed by atoms with Crippen LogP contribution in [0.5, 0.6) is 0 Å². The van der Waals surface area contributed by atoms with Crippen molar-refractivity contribution in [2.24, 2.45) is 5.92 Å². The van der Waals surface area contributed by atoms with Crippen molar-refractivity contribution < 1.29 is 0 Å². The molecule has 0 aliphatic heterocycles. The summed E-state index contributed by atoms with van der Waals surface area (Å²) in [6.45, 7) is 15.0. The molecule has 20 heavy (non-hydrogen) atoms. The van der Waals surface area contributed by atoms with Crippen LogP contribution in [0, 0.1) is 17.2 Å². The predicted molar refractivity (Wildman–Crippen MR) is 89.3 cm³/mol. The highest BCUT2D eigenvalue weighted by molar-refractivity contribution is 5.49. The first-order valence-corrected chi connectivity index (χ1v) is 7.54. The molecule has 0 aliphatic carbocycles. The van der Waals surface area contributed by atoms with Crippen molar-refractivity contribution in [3.05, 3.63) is 46.1 Å². The molecule has 0 aromatic carbocycles. The summed E-state index contributed by atoms with van der Waals surface area (Å²) in [5.41, 5.74) is 5.91. The van der Waals surface area contributed by atoms with Gasteiger partial charge in [-0.3, -0.25) is 0 Å². The fourth-order valence-electron chi connectivity index (χ4n) is 1.83. The van der Waals surface area contributed by atoms with Crippen LogP contribution in [0.4, 0.5) is 0 Å². The molecular formula is C19H29N. The molecule has 1 heteroatoms. The third-order valence-electron chi connectivity index (χ3n) is 4.13. The summed E-state index contributed by atoms with van der Waals surface area (Å²) in [5.74, 6) is 0.573. The topological polar surface area (TPSA) is 23.8 Å². The van der Waals surface area contributed by atoms with E-state index in [9.17, 15) is 0 Å². The number of hydrogen-bond donors (Lipinski definition) is 0. The Morgan fingerprint density at radius 3 is 2.15 bits per heavy atom. The molecular weight excluding hydrogens is 242 g/mol. The lowest BCUT2D eigenvalue weighted by Crippen LogP contribution is -1.96. The van der Waals surface area contributed by atoms with Gasteiger partial charge >= 0.3 is 0 Å². The summed E-state index contributed by atoms with van der Waals surface area (Å²) in [4.78, 5) is 0. The Morgan fingerprint density at radius 1 is 1.15 bits per heavy atom. The van der Waals surface area contributed by atoms with Gasteiger partial charge in [-0.1, -0.05) is 44.1 Å². The van der Waals surface area contributed by atoms with Crippen LogP contribution in [0.25, 0.3) is 0 Å². The molecule has 0 bridgehead atoms. The fourth-order valence-corrected chi connectivity index (χ4v) is 1.83. The van der Waals surface area contributed by atoms with Gasteiger partial charge in [-0.15, -0.1) is 0 Å². The minimum atomic E-state index is 0.573. The lowest BCUT2D eigenvalue weighted by molar-refractivity contribution is 0.655. The Hall–Kier alpha value is -1.55. The van der Waals surface area contributed by atoms with Crippen LogP contribution < -0.4 is 0 Å². The number of hydrogen-bond acceptors (Lipinski definition) is 1. The molecule has 0 spiro atoms. The highest BCUT2D eigenvalue weighted by Gasteiger charge is 2.06. The molecule has 110 valence electrons. The zero-order valence-corrected chi connectivity index (χ0v) is 14.2. The normalized spacial score (nSPS) is 16.6. The molecule has 0 aliphatic rings. The van der Waals surface area contributed by atoms with E-state index in [1.807, 2.05) is 19.1 Å². The number of rotatable bonds is 6. The van der Waals surface area contributed by atoms with Gasteiger partial charge in [-0.05, 0) is 63.7 Å². The van der Waals surface area contributed by atoms with Gasteiger partial charge in [0.2, 0.25) is 0 Å². The van der Waals surface area contributed by atoms with E-state index in [1.54, 1.807) is 0 Å². The number of nitriles is 1. The van der Waals surface area contributed by atoms with Crippen LogP contribution in [-0.2, 0) is 0 Å². The molecule has 0 N–H and O–H groups in total. The monoisotopic (exact) mass is 271 g/mol. The summed E-state index contributed by atoms with van der Waals surface area (Å²) >= 11 is 0. The van der Waals surface area contributed by atoms with Crippen LogP contribution in [-0.4, -0.2) is 0 Å². The van der Waals surface area contributed by atoms with E-state index in [-0.39, 0.29) is 0 Å². The minimum absolute atomic E-state index is 0.573. The Morgan fingerprint density at radius 2 is 1.75 bits per heavy atom. The second-order valence-corrected chi connectivity index (χ2v) is 5.41. The molecule has 0 radical (unpaired) electrons. The molecule has 0 saturated carbocycles. The molecule has 0 unspecified atom stereocenters.